The van der Waals surface area contributed by atoms with Crippen molar-refractivity contribution in [3.63, 3.8) is 0 Å². The predicted molar refractivity (Wildman–Crippen MR) is 127 cm³/mol. The molecule has 4 rings (SSSR count). The molecule has 0 aromatic carbocycles. The molecule has 158 valence electrons. The molecule has 6 nitrogen and oxygen atoms in total. The third-order valence-corrected chi connectivity index (χ3v) is 6.86. The fraction of sp³-hybridized carbons (Fsp3) is 0.455. The van der Waals surface area contributed by atoms with Gasteiger partial charge in [0.1, 0.15) is 15.8 Å². The minimum Gasteiger partial charge on any atom is -0.355 e. The van der Waals surface area contributed by atoms with Crippen molar-refractivity contribution in [2.24, 2.45) is 11.8 Å². The van der Waals surface area contributed by atoms with E-state index in [2.05, 4.69) is 18.7 Å². The summed E-state index contributed by atoms with van der Waals surface area (Å²) in [7, 11) is 0. The average molecular weight is 443 g/mol. The molecule has 2 aromatic heterocycles. The number of rotatable bonds is 3. The summed E-state index contributed by atoms with van der Waals surface area (Å²) in [6, 6.07) is 5.50. The Balaban J connectivity index is 1.88. The van der Waals surface area contributed by atoms with Crippen molar-refractivity contribution in [3.05, 3.63) is 45.2 Å². The number of piperidine rings is 1. The lowest BCUT2D eigenvalue weighted by molar-refractivity contribution is -0.123. The van der Waals surface area contributed by atoms with Crippen LogP contribution in [0.3, 0.4) is 0 Å². The van der Waals surface area contributed by atoms with Crippen molar-refractivity contribution in [1.82, 2.24) is 14.3 Å². The molecular formula is C22H26N4O2S2. The number of pyridine rings is 1. The molecule has 0 unspecified atom stereocenters. The van der Waals surface area contributed by atoms with Crippen LogP contribution < -0.4 is 10.5 Å². The number of nitrogens with zero attached hydrogens (tertiary/aromatic N) is 4. The number of carbonyl (C=O) groups excluding carboxylic acids is 1. The lowest BCUT2D eigenvalue weighted by Crippen LogP contribution is -2.40. The van der Waals surface area contributed by atoms with Crippen LogP contribution in [0.5, 0.6) is 0 Å². The highest BCUT2D eigenvalue weighted by Crippen LogP contribution is 2.35. The van der Waals surface area contributed by atoms with Crippen LogP contribution in [-0.4, -0.2) is 43.6 Å². The van der Waals surface area contributed by atoms with Gasteiger partial charge >= 0.3 is 0 Å². The summed E-state index contributed by atoms with van der Waals surface area (Å²) in [5.74, 6) is 1.52. The summed E-state index contributed by atoms with van der Waals surface area (Å²) in [6.07, 6.45) is 4.56. The monoisotopic (exact) mass is 442 g/mol. The van der Waals surface area contributed by atoms with E-state index in [0.29, 0.717) is 38.1 Å². The minimum absolute atomic E-state index is 0.0255. The standard InChI is InChI=1S/C22H26N4O2S2/c1-13(2)26-21(28)17(30-22(26)29)10-16-19(24-11-14(3)9-15(4)12-24)23-18-7-5-6-8-25(18)20(16)27/h5-8,10,13-15H,9,11-12H2,1-4H3/b17-10-/t14-,15-/m0/s1. The predicted octanol–water partition coefficient (Wildman–Crippen LogP) is 3.79. The van der Waals surface area contributed by atoms with Crippen LogP contribution in [0, 0.1) is 11.8 Å². The van der Waals surface area contributed by atoms with E-state index in [1.807, 2.05) is 32.0 Å². The van der Waals surface area contributed by atoms with Crippen LogP contribution in [0.15, 0.2) is 34.1 Å². The summed E-state index contributed by atoms with van der Waals surface area (Å²) in [6.45, 7) is 10.00. The van der Waals surface area contributed by atoms with Gasteiger partial charge < -0.3 is 4.90 Å². The Kier molecular flexibility index (Phi) is 5.72. The van der Waals surface area contributed by atoms with Crippen LogP contribution in [-0.2, 0) is 4.79 Å². The van der Waals surface area contributed by atoms with Crippen LogP contribution in [0.1, 0.15) is 39.7 Å². The molecule has 8 heteroatoms. The lowest BCUT2D eigenvalue weighted by Gasteiger charge is -2.36. The van der Waals surface area contributed by atoms with Gasteiger partial charge in [-0.25, -0.2) is 4.98 Å². The molecule has 0 radical (unpaired) electrons. The largest absolute Gasteiger partial charge is 0.355 e. The van der Waals surface area contributed by atoms with Crippen molar-refractivity contribution >= 4 is 51.7 Å². The Bertz CT molecular complexity index is 1100. The van der Waals surface area contributed by atoms with Gasteiger partial charge in [-0.1, -0.05) is 43.9 Å². The number of aromatic nitrogens is 2. The quantitative estimate of drug-likeness (QED) is 0.533. The third-order valence-electron chi connectivity index (χ3n) is 5.53. The zero-order valence-corrected chi connectivity index (χ0v) is 19.3. The topological polar surface area (TPSA) is 57.9 Å². The molecule has 2 fully saturated rings. The number of hydrogen-bond donors (Lipinski definition) is 0. The zero-order valence-electron chi connectivity index (χ0n) is 17.7. The Hall–Kier alpha value is -2.19. The van der Waals surface area contributed by atoms with Crippen LogP contribution >= 0.6 is 24.0 Å². The van der Waals surface area contributed by atoms with Crippen LogP contribution in [0.4, 0.5) is 5.82 Å². The number of anilines is 1. The van der Waals surface area contributed by atoms with Gasteiger partial charge in [0.2, 0.25) is 0 Å². The molecule has 0 spiro atoms. The fourth-order valence-electron chi connectivity index (χ4n) is 4.35. The third kappa shape index (κ3) is 3.78. The number of amides is 1. The minimum atomic E-state index is -0.170. The van der Waals surface area contributed by atoms with Gasteiger partial charge in [-0.3, -0.25) is 18.9 Å². The first-order chi connectivity index (χ1) is 14.3. The van der Waals surface area contributed by atoms with Crippen LogP contribution in [0.2, 0.25) is 0 Å². The maximum absolute atomic E-state index is 13.4. The molecule has 2 atom stereocenters. The number of thiocarbonyl (C=S) groups is 1. The van der Waals surface area contributed by atoms with E-state index >= 15 is 0 Å². The van der Waals surface area contributed by atoms with Gasteiger partial charge in [-0.15, -0.1) is 0 Å². The van der Waals surface area contributed by atoms with E-state index in [0.717, 1.165) is 19.5 Å². The molecule has 30 heavy (non-hydrogen) atoms. The van der Waals surface area contributed by atoms with Gasteiger partial charge in [-0.2, -0.15) is 0 Å². The second kappa shape index (κ2) is 8.15. The molecule has 2 aliphatic rings. The molecule has 0 saturated carbocycles. The summed E-state index contributed by atoms with van der Waals surface area (Å²) in [4.78, 5) is 35.5. The lowest BCUT2D eigenvalue weighted by atomic mass is 9.91. The average Bonchev–Trinajstić information content (AvgIpc) is 2.96. The molecule has 4 heterocycles. The molecular weight excluding hydrogens is 416 g/mol. The fourth-order valence-corrected chi connectivity index (χ4v) is 5.86. The first kappa shape index (κ1) is 21.1. The second-order valence-electron chi connectivity index (χ2n) is 8.58. The van der Waals surface area contributed by atoms with Crippen molar-refractivity contribution in [3.8, 4) is 0 Å². The highest BCUT2D eigenvalue weighted by Gasteiger charge is 2.35. The normalized spacial score (nSPS) is 24.0. The summed E-state index contributed by atoms with van der Waals surface area (Å²) < 4.78 is 2.06. The molecule has 2 aromatic rings. The Morgan fingerprint density at radius 2 is 1.90 bits per heavy atom. The highest BCUT2D eigenvalue weighted by atomic mass is 32.2. The second-order valence-corrected chi connectivity index (χ2v) is 10.3. The smallest absolute Gasteiger partial charge is 0.267 e. The molecule has 0 bridgehead atoms. The van der Waals surface area contributed by atoms with Crippen molar-refractivity contribution in [2.75, 3.05) is 18.0 Å². The highest BCUT2D eigenvalue weighted by molar-refractivity contribution is 8.26. The van der Waals surface area contributed by atoms with Crippen molar-refractivity contribution in [2.45, 2.75) is 40.2 Å². The Morgan fingerprint density at radius 3 is 2.53 bits per heavy atom. The van der Waals surface area contributed by atoms with E-state index in [1.165, 1.54) is 16.2 Å². The van der Waals surface area contributed by atoms with Crippen molar-refractivity contribution in [1.29, 1.82) is 0 Å². The van der Waals surface area contributed by atoms with E-state index < -0.39 is 0 Å². The number of carbonyl (C=O) groups is 1. The maximum Gasteiger partial charge on any atom is 0.267 e. The summed E-state index contributed by atoms with van der Waals surface area (Å²) >= 11 is 6.65. The first-order valence-electron chi connectivity index (χ1n) is 10.3. The molecule has 2 saturated heterocycles. The van der Waals surface area contributed by atoms with Gasteiger partial charge in [0.15, 0.2) is 0 Å². The number of hydrogen-bond acceptors (Lipinski definition) is 6. The van der Waals surface area contributed by atoms with Crippen molar-refractivity contribution < 1.29 is 4.79 Å². The van der Waals surface area contributed by atoms with E-state index in [9.17, 15) is 9.59 Å². The molecule has 0 aliphatic carbocycles. The number of fused-ring (bicyclic) bond motifs is 1. The number of thioether (sulfide) groups is 1. The van der Waals surface area contributed by atoms with Gasteiger partial charge in [0.05, 0.1) is 10.5 Å². The van der Waals surface area contributed by atoms with E-state index in [1.54, 1.807) is 17.2 Å². The Labute approximate surface area is 186 Å². The zero-order chi connectivity index (χ0) is 21.6. The SMILES string of the molecule is CC(C)N1C(=O)/C(=C/c2c(N3C[C@@H](C)C[C@H](C)C3)nc3ccccn3c2=O)SC1=S. The molecule has 1 amide bonds. The summed E-state index contributed by atoms with van der Waals surface area (Å²) in [5, 5.41) is 0. The van der Waals surface area contributed by atoms with E-state index in [-0.39, 0.29) is 17.5 Å². The Morgan fingerprint density at radius 1 is 1.20 bits per heavy atom. The first-order valence-corrected chi connectivity index (χ1v) is 11.5. The van der Waals surface area contributed by atoms with Gasteiger partial charge in [0.25, 0.3) is 11.5 Å². The van der Waals surface area contributed by atoms with E-state index in [4.69, 9.17) is 17.2 Å². The molecule has 2 aliphatic heterocycles. The molecule has 0 N–H and O–H groups in total. The van der Waals surface area contributed by atoms with Gasteiger partial charge in [-0.05, 0) is 50.3 Å². The van der Waals surface area contributed by atoms with Gasteiger partial charge in [0, 0.05) is 25.3 Å². The van der Waals surface area contributed by atoms with Crippen LogP contribution in [0.25, 0.3) is 11.7 Å². The maximum atomic E-state index is 13.4. The summed E-state index contributed by atoms with van der Waals surface area (Å²) in [5.41, 5.74) is 0.885.